The van der Waals surface area contributed by atoms with Crippen LogP contribution in [0.25, 0.3) is 0 Å². The predicted octanol–water partition coefficient (Wildman–Crippen LogP) is 2.94. The highest BCUT2D eigenvalue weighted by molar-refractivity contribution is 8.14. The van der Waals surface area contributed by atoms with Crippen molar-refractivity contribution in [2.24, 2.45) is 10.9 Å². The molecule has 0 bridgehead atoms. The Bertz CT molecular complexity index is 1110. The van der Waals surface area contributed by atoms with E-state index in [0.717, 1.165) is 24.1 Å². The number of anilines is 2. The van der Waals surface area contributed by atoms with E-state index < -0.39 is 17.9 Å². The molecule has 5 rings (SSSR count). The van der Waals surface area contributed by atoms with Gasteiger partial charge >= 0.3 is 0 Å². The van der Waals surface area contributed by atoms with Gasteiger partial charge in [-0.3, -0.25) is 19.9 Å². The number of aliphatic imine (C=N–C) groups is 1. The molecule has 1 saturated heterocycles. The van der Waals surface area contributed by atoms with Crippen molar-refractivity contribution in [1.82, 2.24) is 10.9 Å². The van der Waals surface area contributed by atoms with Crippen molar-refractivity contribution in [2.45, 2.75) is 19.0 Å². The topological polar surface area (TPSA) is 77.0 Å². The number of halogens is 2. The van der Waals surface area contributed by atoms with E-state index in [0.29, 0.717) is 23.9 Å². The van der Waals surface area contributed by atoms with Crippen molar-refractivity contribution in [1.29, 1.82) is 0 Å². The molecule has 3 heterocycles. The minimum Gasteiger partial charge on any atom is -0.311 e. The molecule has 10 heteroatoms. The van der Waals surface area contributed by atoms with Crippen molar-refractivity contribution < 1.29 is 14.0 Å². The molecular weight excluding hydrogens is 453 g/mol. The molecule has 7 nitrogen and oxygen atoms in total. The molecule has 3 aliphatic heterocycles. The predicted molar refractivity (Wildman–Crippen MR) is 124 cm³/mol. The summed E-state index contributed by atoms with van der Waals surface area (Å²) in [5.41, 5.74) is 8.48. The molecule has 1 fully saturated rings. The van der Waals surface area contributed by atoms with Crippen molar-refractivity contribution in [3.8, 4) is 0 Å². The van der Waals surface area contributed by atoms with Crippen molar-refractivity contribution in [3.63, 3.8) is 0 Å². The smallest absolute Gasteiger partial charge is 0.241 e. The van der Waals surface area contributed by atoms with Gasteiger partial charge in [0.1, 0.15) is 12.0 Å². The van der Waals surface area contributed by atoms with Crippen LogP contribution in [0.3, 0.4) is 0 Å². The molecule has 0 spiro atoms. The number of benzene rings is 2. The summed E-state index contributed by atoms with van der Waals surface area (Å²) in [4.78, 5) is 34.2. The van der Waals surface area contributed by atoms with Gasteiger partial charge in [-0.15, -0.1) is 0 Å². The fourth-order valence-electron chi connectivity index (χ4n) is 4.23. The number of carbonyl (C=O) groups is 2. The Labute approximate surface area is 194 Å². The van der Waals surface area contributed by atoms with E-state index in [1.807, 2.05) is 24.3 Å². The van der Waals surface area contributed by atoms with E-state index in [1.54, 1.807) is 4.90 Å². The van der Waals surface area contributed by atoms with Gasteiger partial charge in [-0.25, -0.2) is 14.8 Å². The van der Waals surface area contributed by atoms with Crippen LogP contribution in [-0.4, -0.2) is 42.0 Å². The van der Waals surface area contributed by atoms with Crippen LogP contribution in [0.4, 0.5) is 15.8 Å². The molecule has 2 amide bonds. The summed E-state index contributed by atoms with van der Waals surface area (Å²) in [6, 6.07) is 12.0. The summed E-state index contributed by atoms with van der Waals surface area (Å²) in [6.07, 6.45) is 1.45. The molecule has 166 valence electrons. The molecule has 2 unspecified atom stereocenters. The normalized spacial score (nSPS) is 22.4. The van der Waals surface area contributed by atoms with Crippen LogP contribution in [0.15, 0.2) is 47.5 Å². The van der Waals surface area contributed by atoms with Gasteiger partial charge in [-0.1, -0.05) is 41.6 Å². The Morgan fingerprint density at radius 3 is 2.97 bits per heavy atom. The number of amides is 2. The molecule has 2 atom stereocenters. The number of fused-ring (bicyclic) bond motifs is 2. The number of nitrogens with zero attached hydrogens (tertiary/aromatic N) is 3. The minimum absolute atomic E-state index is 0.0472. The second kappa shape index (κ2) is 8.82. The van der Waals surface area contributed by atoms with Crippen molar-refractivity contribution in [2.75, 3.05) is 28.6 Å². The van der Waals surface area contributed by atoms with Crippen LogP contribution in [-0.2, 0) is 16.0 Å². The molecule has 0 radical (unpaired) electrons. The first-order chi connectivity index (χ1) is 15.5. The largest absolute Gasteiger partial charge is 0.311 e. The minimum atomic E-state index is -0.563. The first-order valence-electron chi connectivity index (χ1n) is 10.4. The standard InChI is InChI=1S/C22H21ClFN5O2S/c23-16-10-14(7-8-17(16)24)29-21(31)15-11-25-27-20(15)26-22(29)32-12-19(30)28-9-3-5-13-4-1-2-6-18(13)28/h1-2,4,6-8,10,15,20,25,27H,3,5,9,11-12H2. The second-order valence-electron chi connectivity index (χ2n) is 7.83. The summed E-state index contributed by atoms with van der Waals surface area (Å²) in [5, 5.41) is 0.305. The third-order valence-electron chi connectivity index (χ3n) is 5.83. The van der Waals surface area contributed by atoms with E-state index in [9.17, 15) is 14.0 Å². The lowest BCUT2D eigenvalue weighted by molar-refractivity contribution is -0.121. The Balaban J connectivity index is 1.40. The number of hydrogen-bond donors (Lipinski definition) is 2. The Hall–Kier alpha value is -2.46. The zero-order valence-electron chi connectivity index (χ0n) is 17.1. The molecule has 0 saturated carbocycles. The van der Waals surface area contributed by atoms with Gasteiger partial charge in [-0.05, 0) is 42.7 Å². The van der Waals surface area contributed by atoms with Gasteiger partial charge < -0.3 is 4.90 Å². The Kier molecular flexibility index (Phi) is 5.90. The van der Waals surface area contributed by atoms with E-state index in [-0.39, 0.29) is 22.6 Å². The van der Waals surface area contributed by atoms with Crippen LogP contribution in [0.5, 0.6) is 0 Å². The first-order valence-corrected chi connectivity index (χ1v) is 11.8. The highest BCUT2D eigenvalue weighted by Gasteiger charge is 2.42. The highest BCUT2D eigenvalue weighted by atomic mass is 35.5. The molecule has 32 heavy (non-hydrogen) atoms. The number of hydrazine groups is 1. The molecule has 2 N–H and O–H groups in total. The van der Waals surface area contributed by atoms with Gasteiger partial charge in [0.2, 0.25) is 11.8 Å². The van der Waals surface area contributed by atoms with Gasteiger partial charge in [0.15, 0.2) is 5.17 Å². The lowest BCUT2D eigenvalue weighted by Gasteiger charge is -2.33. The molecule has 0 aromatic heterocycles. The van der Waals surface area contributed by atoms with Gasteiger partial charge in [-0.2, -0.15) is 0 Å². The highest BCUT2D eigenvalue weighted by Crippen LogP contribution is 2.32. The Morgan fingerprint density at radius 1 is 1.28 bits per heavy atom. The number of rotatable bonds is 3. The van der Waals surface area contributed by atoms with Crippen molar-refractivity contribution in [3.05, 3.63) is 58.9 Å². The van der Waals surface area contributed by atoms with E-state index >= 15 is 0 Å². The number of para-hydroxylation sites is 1. The molecule has 0 aliphatic carbocycles. The van der Waals surface area contributed by atoms with Crippen LogP contribution in [0.2, 0.25) is 5.02 Å². The maximum Gasteiger partial charge on any atom is 0.241 e. The van der Waals surface area contributed by atoms with Gasteiger partial charge in [0.25, 0.3) is 0 Å². The lowest BCUT2D eigenvalue weighted by atomic mass is 10.0. The number of carbonyl (C=O) groups excluding carboxylic acids is 2. The van der Waals surface area contributed by atoms with Crippen LogP contribution >= 0.6 is 23.4 Å². The third kappa shape index (κ3) is 3.90. The second-order valence-corrected chi connectivity index (χ2v) is 9.18. The average molecular weight is 474 g/mol. The number of nitrogens with one attached hydrogen (secondary N) is 2. The number of amidine groups is 1. The molecular formula is C22H21ClFN5O2S. The summed E-state index contributed by atoms with van der Waals surface area (Å²) >= 11 is 7.17. The lowest BCUT2D eigenvalue weighted by Crippen LogP contribution is -2.50. The maximum absolute atomic E-state index is 13.7. The zero-order chi connectivity index (χ0) is 22.2. The van der Waals surface area contributed by atoms with E-state index in [2.05, 4.69) is 15.8 Å². The molecule has 2 aromatic rings. The van der Waals surface area contributed by atoms with E-state index in [1.165, 1.54) is 34.9 Å². The average Bonchev–Trinajstić information content (AvgIpc) is 3.28. The number of aryl methyl sites for hydroxylation is 1. The Morgan fingerprint density at radius 2 is 2.12 bits per heavy atom. The van der Waals surface area contributed by atoms with E-state index in [4.69, 9.17) is 11.6 Å². The number of hydrogen-bond acceptors (Lipinski definition) is 6. The number of thioether (sulfide) groups is 1. The van der Waals surface area contributed by atoms with Crippen LogP contribution < -0.4 is 20.7 Å². The van der Waals surface area contributed by atoms with Crippen LogP contribution in [0.1, 0.15) is 12.0 Å². The monoisotopic (exact) mass is 473 g/mol. The maximum atomic E-state index is 13.7. The fraction of sp³-hybridized carbons (Fsp3) is 0.318. The van der Waals surface area contributed by atoms with Gasteiger partial charge in [0, 0.05) is 18.8 Å². The van der Waals surface area contributed by atoms with Crippen molar-refractivity contribution >= 4 is 51.7 Å². The summed E-state index contributed by atoms with van der Waals surface area (Å²) < 4.78 is 13.7. The summed E-state index contributed by atoms with van der Waals surface area (Å²) in [5.74, 6) is -1.06. The zero-order valence-corrected chi connectivity index (χ0v) is 18.6. The van der Waals surface area contributed by atoms with Gasteiger partial charge in [0.05, 0.1) is 22.4 Å². The molecule has 2 aromatic carbocycles. The molecule has 3 aliphatic rings. The third-order valence-corrected chi connectivity index (χ3v) is 7.06. The quantitative estimate of drug-likeness (QED) is 0.716. The summed E-state index contributed by atoms with van der Waals surface area (Å²) in [6.45, 7) is 1.09. The summed E-state index contributed by atoms with van der Waals surface area (Å²) in [7, 11) is 0. The SMILES string of the molecule is O=C(CSC1=NC2NNCC2C(=O)N1c1ccc(F)c(Cl)c1)N1CCCc2ccccc21. The van der Waals surface area contributed by atoms with Crippen LogP contribution in [0, 0.1) is 11.7 Å². The fourth-order valence-corrected chi connectivity index (χ4v) is 5.32. The first kappa shape index (κ1) is 21.4.